The molecule has 1 fully saturated rings. The van der Waals surface area contributed by atoms with E-state index in [9.17, 15) is 45.6 Å². The highest BCUT2D eigenvalue weighted by molar-refractivity contribution is 7.89. The molecule has 3 rings (SSSR count). The fourth-order valence-electron chi connectivity index (χ4n) is 7.05. The summed E-state index contributed by atoms with van der Waals surface area (Å²) < 4.78 is 72.5. The van der Waals surface area contributed by atoms with E-state index in [0.29, 0.717) is 18.4 Å². The molecule has 0 spiro atoms. The zero-order chi connectivity index (χ0) is 46.7. The summed E-state index contributed by atoms with van der Waals surface area (Å²) in [5, 5.41) is 4.96. The Bertz CT molecular complexity index is 2070. The lowest BCUT2D eigenvalue weighted by atomic mass is 9.76. The highest BCUT2D eigenvalue weighted by Crippen LogP contribution is 2.46. The quantitative estimate of drug-likeness (QED) is 0.171. The number of rotatable bonds is 15. The highest BCUT2D eigenvalue weighted by atomic mass is 32.2. The Balaban J connectivity index is 1.83. The second-order valence-electron chi connectivity index (χ2n) is 18.8. The van der Waals surface area contributed by atoms with Gasteiger partial charge in [-0.1, -0.05) is 109 Å². The number of sulfonamides is 1. The van der Waals surface area contributed by atoms with Crippen LogP contribution in [-0.4, -0.2) is 91.9 Å². The van der Waals surface area contributed by atoms with Crippen LogP contribution in [0.2, 0.25) is 0 Å². The molecule has 2 aromatic carbocycles. The summed E-state index contributed by atoms with van der Waals surface area (Å²) in [6.07, 6.45) is -3.72. The number of halogens is 3. The molecule has 1 aliphatic carbocycles. The summed E-state index contributed by atoms with van der Waals surface area (Å²) in [6, 6.07) is 11.9. The molecule has 17 heteroatoms. The Morgan fingerprint density at radius 1 is 0.852 bits per heavy atom. The maximum absolute atomic E-state index is 14.5. The third-order valence-corrected chi connectivity index (χ3v) is 11.9. The Labute approximate surface area is 358 Å². The van der Waals surface area contributed by atoms with Gasteiger partial charge in [0.05, 0.1) is 17.3 Å². The molecule has 1 saturated carbocycles. The van der Waals surface area contributed by atoms with Gasteiger partial charge in [0.1, 0.15) is 17.7 Å². The molecular formula is C44H62F3N5O8S. The lowest BCUT2D eigenvalue weighted by molar-refractivity contribution is -0.174. The Morgan fingerprint density at radius 3 is 1.85 bits per heavy atom. The van der Waals surface area contributed by atoms with E-state index in [2.05, 4.69) is 5.32 Å². The first-order valence-electron chi connectivity index (χ1n) is 20.0. The van der Waals surface area contributed by atoms with Crippen molar-refractivity contribution in [1.29, 1.82) is 0 Å². The predicted molar refractivity (Wildman–Crippen MR) is 226 cm³/mol. The number of ether oxygens (including phenoxy) is 1. The number of carbonyl (C=O) groups is 5. The Kier molecular flexibility index (Phi) is 15.4. The fourth-order valence-corrected chi connectivity index (χ4v) is 8.20. The van der Waals surface area contributed by atoms with E-state index in [1.807, 2.05) is 68.1 Å². The van der Waals surface area contributed by atoms with Crippen LogP contribution in [0, 0.1) is 11.3 Å². The van der Waals surface area contributed by atoms with Crippen LogP contribution in [0.1, 0.15) is 106 Å². The number of likely N-dealkylation sites (N-methyl/N-ethyl adjacent to an activating group) is 2. The first-order valence-corrected chi connectivity index (χ1v) is 21.7. The van der Waals surface area contributed by atoms with E-state index in [0.717, 1.165) is 5.56 Å². The number of nitrogens with zero attached hydrogens (tertiary/aromatic N) is 2. The molecule has 13 nitrogen and oxygen atoms in total. The average Bonchev–Trinajstić information content (AvgIpc) is 3.91. The van der Waals surface area contributed by atoms with Gasteiger partial charge in [-0.25, -0.2) is 17.9 Å². The molecule has 338 valence electrons. The standard InChI is InChI=1S/C44H62F3N5O8S/c1-27(2)32(25-28(3)35(53)50-61(58,59)26-29-19-21-31(22-20-29)43(23-24-43)49-38(56)44(45,46)47)51(12)37(55)33(40(4,5)6)48-36(54)34(52(13)39(57)60-41(7,8)9)42(10,11)30-17-15-14-16-18-30/h14-22,25,27,32-34H,23-24,26H2,1-13H3,(H,48,54)(H,49,56)(H,50,53). The van der Waals surface area contributed by atoms with Crippen molar-refractivity contribution in [3.63, 3.8) is 0 Å². The van der Waals surface area contributed by atoms with Gasteiger partial charge in [-0.05, 0) is 68.6 Å². The number of hydrogen-bond donors (Lipinski definition) is 3. The molecule has 0 radical (unpaired) electrons. The third kappa shape index (κ3) is 13.3. The molecular weight excluding hydrogens is 816 g/mol. The van der Waals surface area contributed by atoms with Crippen molar-refractivity contribution < 1.29 is 50.3 Å². The zero-order valence-corrected chi connectivity index (χ0v) is 38.2. The molecule has 3 atom stereocenters. The zero-order valence-electron chi connectivity index (χ0n) is 37.4. The summed E-state index contributed by atoms with van der Waals surface area (Å²) in [7, 11) is -1.27. The minimum absolute atomic E-state index is 0.00615. The normalized spacial score (nSPS) is 16.1. The lowest BCUT2D eigenvalue weighted by Gasteiger charge is -2.42. The molecule has 2 aromatic rings. The molecule has 3 N–H and O–H groups in total. The molecule has 0 saturated heterocycles. The van der Waals surface area contributed by atoms with Crippen molar-refractivity contribution in [3.8, 4) is 0 Å². The van der Waals surface area contributed by atoms with Crippen molar-refractivity contribution in [2.75, 3.05) is 14.1 Å². The fraction of sp³-hybridized carbons (Fsp3) is 0.568. The maximum atomic E-state index is 14.5. The topological polar surface area (TPSA) is 171 Å². The summed E-state index contributed by atoms with van der Waals surface area (Å²) in [5.74, 6) is -5.01. The van der Waals surface area contributed by atoms with Crippen LogP contribution in [-0.2, 0) is 50.6 Å². The lowest BCUT2D eigenvalue weighted by Crippen LogP contribution is -2.63. The maximum Gasteiger partial charge on any atom is 0.471 e. The number of amides is 5. The van der Waals surface area contributed by atoms with Crippen LogP contribution < -0.4 is 15.4 Å². The molecule has 0 aliphatic heterocycles. The van der Waals surface area contributed by atoms with Crippen LogP contribution >= 0.6 is 0 Å². The smallest absolute Gasteiger partial charge is 0.444 e. The molecule has 5 amide bonds. The second-order valence-corrected chi connectivity index (χ2v) is 20.6. The molecule has 61 heavy (non-hydrogen) atoms. The van der Waals surface area contributed by atoms with Gasteiger partial charge in [-0.15, -0.1) is 0 Å². The Hall–Kier alpha value is -4.93. The van der Waals surface area contributed by atoms with E-state index >= 15 is 0 Å². The summed E-state index contributed by atoms with van der Waals surface area (Å²) in [6.45, 7) is 19.2. The van der Waals surface area contributed by atoms with E-state index in [1.165, 1.54) is 61.2 Å². The van der Waals surface area contributed by atoms with E-state index in [1.54, 1.807) is 41.5 Å². The second kappa shape index (κ2) is 18.6. The van der Waals surface area contributed by atoms with Gasteiger partial charge in [0.2, 0.25) is 21.8 Å². The number of carbonyl (C=O) groups excluding carboxylic acids is 5. The van der Waals surface area contributed by atoms with Crippen molar-refractivity contribution in [3.05, 3.63) is 82.9 Å². The van der Waals surface area contributed by atoms with Crippen molar-refractivity contribution in [2.24, 2.45) is 11.3 Å². The van der Waals surface area contributed by atoms with Crippen LogP contribution in [0.4, 0.5) is 18.0 Å². The number of hydrogen-bond acceptors (Lipinski definition) is 8. The molecule has 0 heterocycles. The van der Waals surface area contributed by atoms with Crippen LogP contribution in [0.25, 0.3) is 0 Å². The van der Waals surface area contributed by atoms with Crippen LogP contribution in [0.3, 0.4) is 0 Å². The first kappa shape index (κ1) is 50.4. The summed E-state index contributed by atoms with van der Waals surface area (Å²) >= 11 is 0. The average molecular weight is 878 g/mol. The largest absolute Gasteiger partial charge is 0.471 e. The van der Waals surface area contributed by atoms with Crippen LogP contribution in [0.5, 0.6) is 0 Å². The summed E-state index contributed by atoms with van der Waals surface area (Å²) in [4.78, 5) is 69.9. The highest BCUT2D eigenvalue weighted by Gasteiger charge is 2.51. The van der Waals surface area contributed by atoms with Gasteiger partial charge in [-0.2, -0.15) is 13.2 Å². The first-order chi connectivity index (χ1) is 27.7. The minimum Gasteiger partial charge on any atom is -0.444 e. The van der Waals surface area contributed by atoms with Gasteiger partial charge in [0, 0.05) is 25.1 Å². The summed E-state index contributed by atoms with van der Waals surface area (Å²) in [5.41, 5.74) is -2.46. The molecule has 0 aromatic heterocycles. The number of alkyl halides is 3. The van der Waals surface area contributed by atoms with Gasteiger partial charge >= 0.3 is 18.2 Å². The SMILES string of the molecule is CC(=CC(C(C)C)N(C)C(=O)C(NC(=O)C(N(C)C(=O)OC(C)(C)C)C(C)(C)c1ccccc1)C(C)(C)C)C(=O)NS(=O)(=O)Cc1ccc(C2(NC(=O)C(F)(F)F)CC2)cc1. The number of benzene rings is 2. The third-order valence-electron chi connectivity index (χ3n) is 10.6. The van der Waals surface area contributed by atoms with Crippen molar-refractivity contribution >= 4 is 39.7 Å². The molecule has 0 bridgehead atoms. The van der Waals surface area contributed by atoms with Gasteiger partial charge in [0.15, 0.2) is 0 Å². The number of nitrogens with one attached hydrogen (secondary N) is 3. The van der Waals surface area contributed by atoms with Crippen molar-refractivity contribution in [1.82, 2.24) is 25.2 Å². The molecule has 3 unspecified atom stereocenters. The van der Waals surface area contributed by atoms with Crippen LogP contribution in [0.15, 0.2) is 66.2 Å². The van der Waals surface area contributed by atoms with Gasteiger partial charge in [-0.3, -0.25) is 24.1 Å². The monoisotopic (exact) mass is 877 g/mol. The van der Waals surface area contributed by atoms with Crippen molar-refractivity contribution in [2.45, 2.75) is 136 Å². The van der Waals surface area contributed by atoms with E-state index in [4.69, 9.17) is 4.74 Å². The van der Waals surface area contributed by atoms with E-state index < -0.39 is 91.8 Å². The minimum atomic E-state index is -5.05. The van der Waals surface area contributed by atoms with E-state index in [-0.39, 0.29) is 17.1 Å². The van der Waals surface area contributed by atoms with Gasteiger partial charge < -0.3 is 20.3 Å². The predicted octanol–water partition coefficient (Wildman–Crippen LogP) is 6.47. The molecule has 1 aliphatic rings. The Morgan fingerprint density at radius 2 is 1.39 bits per heavy atom. The van der Waals surface area contributed by atoms with Gasteiger partial charge in [0.25, 0.3) is 5.91 Å².